The van der Waals surface area contributed by atoms with E-state index < -0.39 is 5.97 Å². The molecule has 0 aliphatic rings. The van der Waals surface area contributed by atoms with Gasteiger partial charge in [-0.15, -0.1) is 23.2 Å². The highest BCUT2D eigenvalue weighted by molar-refractivity contribution is 6.18. The number of ether oxygens (including phenoxy) is 2. The van der Waals surface area contributed by atoms with Crippen molar-refractivity contribution in [2.24, 2.45) is 0 Å². The van der Waals surface area contributed by atoms with Crippen LogP contribution in [0.1, 0.15) is 29.6 Å². The van der Waals surface area contributed by atoms with Gasteiger partial charge in [0.1, 0.15) is 6.61 Å². The molecule has 3 rings (SSSR count). The molecule has 188 valence electrons. The molecule has 1 heterocycles. The van der Waals surface area contributed by atoms with Gasteiger partial charge >= 0.3 is 11.9 Å². The topological polar surface area (TPSA) is 80.8 Å². The van der Waals surface area contributed by atoms with E-state index in [2.05, 4.69) is 10.2 Å². The van der Waals surface area contributed by atoms with E-state index in [1.807, 2.05) is 30.3 Å². The average molecular weight is 520 g/mol. The van der Waals surface area contributed by atoms with E-state index in [4.69, 9.17) is 37.7 Å². The van der Waals surface area contributed by atoms with E-state index in [0.29, 0.717) is 49.9 Å². The number of hydrogen-bond donors (Lipinski definition) is 1. The van der Waals surface area contributed by atoms with Crippen molar-refractivity contribution in [3.05, 3.63) is 48.0 Å². The standard InChI is InChI=1S/C26H31Cl2N3O4/c1-34-26(33)19-9-10-23-21(18-19)25(20-6-2-3-7-22(20)30-23)29-13-5-4-8-24(32)35-17-16-31(14-11-27)15-12-28/h2-3,6-7,9-10,18H,4-5,8,11-17H2,1H3,(H,29,30). The monoisotopic (exact) mass is 519 g/mol. The van der Waals surface area contributed by atoms with E-state index in [-0.39, 0.29) is 5.97 Å². The number of nitrogens with zero attached hydrogens (tertiary/aromatic N) is 2. The summed E-state index contributed by atoms with van der Waals surface area (Å²) in [5, 5.41) is 5.32. The van der Waals surface area contributed by atoms with Gasteiger partial charge in [-0.05, 0) is 37.1 Å². The zero-order chi connectivity index (χ0) is 25.0. The van der Waals surface area contributed by atoms with Crippen LogP contribution in [-0.2, 0) is 14.3 Å². The molecule has 1 N–H and O–H groups in total. The minimum atomic E-state index is -0.391. The largest absolute Gasteiger partial charge is 0.465 e. The number of benzene rings is 2. The Morgan fingerprint density at radius 3 is 2.46 bits per heavy atom. The Balaban J connectivity index is 1.56. The zero-order valence-corrected chi connectivity index (χ0v) is 21.4. The van der Waals surface area contributed by atoms with E-state index in [9.17, 15) is 9.59 Å². The molecule has 3 aromatic rings. The average Bonchev–Trinajstić information content (AvgIpc) is 2.87. The molecular weight excluding hydrogens is 489 g/mol. The fourth-order valence-corrected chi connectivity index (χ4v) is 4.35. The molecule has 0 atom stereocenters. The number of halogens is 2. The minimum Gasteiger partial charge on any atom is -0.465 e. The number of pyridine rings is 1. The number of alkyl halides is 2. The molecule has 2 aromatic carbocycles. The predicted molar refractivity (Wildman–Crippen MR) is 142 cm³/mol. The van der Waals surface area contributed by atoms with Crippen molar-refractivity contribution < 1.29 is 19.1 Å². The van der Waals surface area contributed by atoms with Gasteiger partial charge in [0.25, 0.3) is 0 Å². The SMILES string of the molecule is COC(=O)c1ccc2nc3ccccc3c(NCCCCC(=O)OCCN(CCCl)CCCl)c2c1. The van der Waals surface area contributed by atoms with Gasteiger partial charge in [-0.2, -0.15) is 0 Å². The summed E-state index contributed by atoms with van der Waals surface area (Å²) in [4.78, 5) is 30.9. The predicted octanol–water partition coefficient (Wildman–Crippen LogP) is 5.08. The number of fused-ring (bicyclic) bond motifs is 2. The van der Waals surface area contributed by atoms with Gasteiger partial charge in [-0.1, -0.05) is 18.2 Å². The molecule has 1 aromatic heterocycles. The maximum absolute atomic E-state index is 12.1. The van der Waals surface area contributed by atoms with Gasteiger partial charge in [-0.3, -0.25) is 9.69 Å². The summed E-state index contributed by atoms with van der Waals surface area (Å²) in [6.07, 6.45) is 1.85. The summed E-state index contributed by atoms with van der Waals surface area (Å²) in [6.45, 7) is 3.07. The number of carbonyl (C=O) groups excluding carboxylic acids is 2. The first-order valence-electron chi connectivity index (χ1n) is 11.7. The molecule has 0 aliphatic heterocycles. The van der Waals surface area contributed by atoms with E-state index in [1.54, 1.807) is 12.1 Å². The summed E-state index contributed by atoms with van der Waals surface area (Å²) >= 11 is 11.6. The third kappa shape index (κ3) is 7.69. The second-order valence-corrected chi connectivity index (χ2v) is 8.81. The summed E-state index contributed by atoms with van der Waals surface area (Å²) in [7, 11) is 1.37. The normalized spacial score (nSPS) is 11.2. The first kappa shape index (κ1) is 27.0. The molecule has 0 fully saturated rings. The number of hydrogen-bond acceptors (Lipinski definition) is 7. The molecule has 0 aliphatic carbocycles. The van der Waals surface area contributed by atoms with Crippen molar-refractivity contribution in [1.29, 1.82) is 0 Å². The maximum atomic E-state index is 12.1. The summed E-state index contributed by atoms with van der Waals surface area (Å²) < 4.78 is 10.2. The van der Waals surface area contributed by atoms with Gasteiger partial charge in [0.15, 0.2) is 0 Å². The number of methoxy groups -OCH3 is 1. The minimum absolute atomic E-state index is 0.204. The van der Waals surface area contributed by atoms with Crippen LogP contribution in [0.15, 0.2) is 42.5 Å². The number of rotatable bonds is 14. The molecule has 0 saturated carbocycles. The quantitative estimate of drug-likeness (QED) is 0.137. The highest BCUT2D eigenvalue weighted by Crippen LogP contribution is 2.31. The third-order valence-corrected chi connectivity index (χ3v) is 6.02. The van der Waals surface area contributed by atoms with Crippen LogP contribution < -0.4 is 5.32 Å². The van der Waals surface area contributed by atoms with Crippen LogP contribution in [0.4, 0.5) is 5.69 Å². The number of carbonyl (C=O) groups is 2. The Labute approximate surface area is 215 Å². The molecule has 0 amide bonds. The van der Waals surface area contributed by atoms with Crippen molar-refractivity contribution in [2.75, 3.05) is 57.0 Å². The van der Waals surface area contributed by atoms with Crippen molar-refractivity contribution in [3.8, 4) is 0 Å². The van der Waals surface area contributed by atoms with Crippen LogP contribution in [-0.4, -0.2) is 73.5 Å². The molecule has 0 radical (unpaired) electrons. The molecule has 7 nitrogen and oxygen atoms in total. The molecule has 35 heavy (non-hydrogen) atoms. The summed E-state index contributed by atoms with van der Waals surface area (Å²) in [6, 6.07) is 13.2. The molecular formula is C26H31Cl2N3O4. The van der Waals surface area contributed by atoms with Gasteiger partial charge in [-0.25, -0.2) is 9.78 Å². The Bertz CT molecular complexity index is 1140. The van der Waals surface area contributed by atoms with Crippen LogP contribution >= 0.6 is 23.2 Å². The Kier molecular flexibility index (Phi) is 10.8. The zero-order valence-electron chi connectivity index (χ0n) is 19.9. The molecule has 0 spiro atoms. The van der Waals surface area contributed by atoms with Gasteiger partial charge in [0, 0.05) is 55.1 Å². The molecule has 0 unspecified atom stereocenters. The van der Waals surface area contributed by atoms with Crippen LogP contribution in [0.25, 0.3) is 21.8 Å². The van der Waals surface area contributed by atoms with Gasteiger partial charge < -0.3 is 14.8 Å². The lowest BCUT2D eigenvalue weighted by molar-refractivity contribution is -0.144. The lowest BCUT2D eigenvalue weighted by Gasteiger charge is -2.19. The highest BCUT2D eigenvalue weighted by atomic mass is 35.5. The summed E-state index contributed by atoms with van der Waals surface area (Å²) in [5.74, 6) is 0.440. The Morgan fingerprint density at radius 2 is 1.71 bits per heavy atom. The van der Waals surface area contributed by atoms with Crippen LogP contribution in [0.2, 0.25) is 0 Å². The van der Waals surface area contributed by atoms with E-state index in [1.165, 1.54) is 7.11 Å². The Hall–Kier alpha value is -2.61. The van der Waals surface area contributed by atoms with Gasteiger partial charge in [0.05, 0.1) is 29.4 Å². The van der Waals surface area contributed by atoms with Crippen molar-refractivity contribution >= 4 is 62.6 Å². The Morgan fingerprint density at radius 1 is 0.971 bits per heavy atom. The fourth-order valence-electron chi connectivity index (χ4n) is 3.87. The lowest BCUT2D eigenvalue weighted by Crippen LogP contribution is -2.31. The second-order valence-electron chi connectivity index (χ2n) is 8.05. The number of aromatic nitrogens is 1. The van der Waals surface area contributed by atoms with Crippen molar-refractivity contribution in [2.45, 2.75) is 19.3 Å². The van der Waals surface area contributed by atoms with Gasteiger partial charge in [0.2, 0.25) is 0 Å². The lowest BCUT2D eigenvalue weighted by atomic mass is 10.0. The first-order chi connectivity index (χ1) is 17.1. The molecule has 0 saturated heterocycles. The fraction of sp³-hybridized carbons (Fsp3) is 0.423. The first-order valence-corrected chi connectivity index (χ1v) is 12.8. The van der Waals surface area contributed by atoms with Crippen molar-refractivity contribution in [3.63, 3.8) is 0 Å². The molecule has 0 bridgehead atoms. The number of anilines is 1. The van der Waals surface area contributed by atoms with Crippen LogP contribution in [0, 0.1) is 0 Å². The van der Waals surface area contributed by atoms with E-state index in [0.717, 1.165) is 47.0 Å². The smallest absolute Gasteiger partial charge is 0.337 e. The third-order valence-electron chi connectivity index (χ3n) is 5.68. The summed E-state index contributed by atoms with van der Waals surface area (Å²) in [5.41, 5.74) is 3.05. The number of esters is 2. The van der Waals surface area contributed by atoms with Crippen LogP contribution in [0.5, 0.6) is 0 Å². The van der Waals surface area contributed by atoms with E-state index >= 15 is 0 Å². The number of para-hydroxylation sites is 1. The van der Waals surface area contributed by atoms with Crippen molar-refractivity contribution in [1.82, 2.24) is 9.88 Å². The number of unbranched alkanes of at least 4 members (excludes halogenated alkanes) is 1. The van der Waals surface area contributed by atoms with Crippen LogP contribution in [0.3, 0.4) is 0 Å². The second kappa shape index (κ2) is 14.1. The maximum Gasteiger partial charge on any atom is 0.337 e. The number of nitrogens with one attached hydrogen (secondary N) is 1. The molecule has 9 heteroatoms. The highest BCUT2D eigenvalue weighted by Gasteiger charge is 2.13.